The van der Waals surface area contributed by atoms with Crippen molar-refractivity contribution in [1.82, 2.24) is 24.6 Å². The van der Waals surface area contributed by atoms with E-state index in [9.17, 15) is 0 Å². The summed E-state index contributed by atoms with van der Waals surface area (Å²) in [5.41, 5.74) is 1.04. The summed E-state index contributed by atoms with van der Waals surface area (Å²) in [6.45, 7) is 3.03. The molecule has 0 atom stereocenters. The Morgan fingerprint density at radius 3 is 3.00 bits per heavy atom. The standard InChI is InChI=1S/C12H19N5O/c1-16-6-3-11(15-16)10-17-7-4-14-12(17)9-13-5-8-18-2/h3-4,6-7,13H,5,8-10H2,1-2H3. The molecule has 0 amide bonds. The number of nitrogens with zero attached hydrogens (tertiary/aromatic N) is 4. The fourth-order valence-electron chi connectivity index (χ4n) is 1.75. The first-order valence-electron chi connectivity index (χ1n) is 5.98. The Kier molecular flexibility index (Phi) is 4.49. The first kappa shape index (κ1) is 12.8. The number of imidazole rings is 1. The Morgan fingerprint density at radius 1 is 1.39 bits per heavy atom. The monoisotopic (exact) mass is 249 g/mol. The molecule has 0 saturated heterocycles. The lowest BCUT2D eigenvalue weighted by molar-refractivity contribution is 0.199. The van der Waals surface area contributed by atoms with Crippen molar-refractivity contribution in [3.63, 3.8) is 0 Å². The third-order valence-electron chi connectivity index (χ3n) is 2.67. The van der Waals surface area contributed by atoms with Crippen LogP contribution in [0.15, 0.2) is 24.7 Å². The van der Waals surface area contributed by atoms with Crippen LogP contribution in [0.5, 0.6) is 0 Å². The maximum Gasteiger partial charge on any atom is 0.123 e. The molecule has 2 rings (SSSR count). The smallest absolute Gasteiger partial charge is 0.123 e. The Morgan fingerprint density at radius 2 is 2.28 bits per heavy atom. The maximum absolute atomic E-state index is 4.99. The molecule has 0 radical (unpaired) electrons. The molecule has 0 spiro atoms. The van der Waals surface area contributed by atoms with E-state index in [0.717, 1.165) is 31.2 Å². The molecule has 0 bridgehead atoms. The second-order valence-electron chi connectivity index (χ2n) is 4.12. The highest BCUT2D eigenvalue weighted by atomic mass is 16.5. The summed E-state index contributed by atoms with van der Waals surface area (Å²) in [5, 5.41) is 7.65. The van der Waals surface area contributed by atoms with Crippen LogP contribution in [0.1, 0.15) is 11.5 Å². The molecule has 0 saturated carbocycles. The molecule has 0 fully saturated rings. The molecule has 2 aromatic heterocycles. The minimum atomic E-state index is 0.709. The van der Waals surface area contributed by atoms with Gasteiger partial charge in [-0.15, -0.1) is 0 Å². The van der Waals surface area contributed by atoms with Crippen LogP contribution in [0, 0.1) is 0 Å². The summed E-state index contributed by atoms with van der Waals surface area (Å²) in [5.74, 6) is 1.01. The minimum absolute atomic E-state index is 0.709. The van der Waals surface area contributed by atoms with Crippen molar-refractivity contribution in [2.45, 2.75) is 13.1 Å². The third kappa shape index (κ3) is 3.41. The second-order valence-corrected chi connectivity index (χ2v) is 4.12. The van der Waals surface area contributed by atoms with Gasteiger partial charge in [-0.05, 0) is 6.07 Å². The average molecular weight is 249 g/mol. The van der Waals surface area contributed by atoms with Crippen LogP contribution in [-0.2, 0) is 24.9 Å². The highest BCUT2D eigenvalue weighted by molar-refractivity contribution is 5.03. The summed E-state index contributed by atoms with van der Waals surface area (Å²) in [6, 6.07) is 2.02. The third-order valence-corrected chi connectivity index (χ3v) is 2.67. The van der Waals surface area contributed by atoms with Gasteiger partial charge in [-0.3, -0.25) is 4.68 Å². The number of methoxy groups -OCH3 is 1. The highest BCUT2D eigenvalue weighted by Gasteiger charge is 2.04. The molecule has 0 aromatic carbocycles. The Labute approximate surface area is 107 Å². The fraction of sp³-hybridized carbons (Fsp3) is 0.500. The Hall–Kier alpha value is -1.66. The molecule has 2 heterocycles. The molecule has 0 unspecified atom stereocenters. The van der Waals surface area contributed by atoms with E-state index in [4.69, 9.17) is 4.74 Å². The molecular formula is C12H19N5O. The second kappa shape index (κ2) is 6.32. The summed E-state index contributed by atoms with van der Waals surface area (Å²) in [4.78, 5) is 4.34. The highest BCUT2D eigenvalue weighted by Crippen LogP contribution is 2.03. The van der Waals surface area contributed by atoms with E-state index < -0.39 is 0 Å². The molecule has 6 nitrogen and oxygen atoms in total. The predicted molar refractivity (Wildman–Crippen MR) is 68.1 cm³/mol. The first-order chi connectivity index (χ1) is 8.79. The number of nitrogens with one attached hydrogen (secondary N) is 1. The van der Waals surface area contributed by atoms with E-state index >= 15 is 0 Å². The van der Waals surface area contributed by atoms with Crippen LogP contribution in [0.25, 0.3) is 0 Å². The fourth-order valence-corrected chi connectivity index (χ4v) is 1.75. The van der Waals surface area contributed by atoms with E-state index in [1.54, 1.807) is 7.11 Å². The van der Waals surface area contributed by atoms with E-state index in [1.165, 1.54) is 0 Å². The topological polar surface area (TPSA) is 56.9 Å². The molecular weight excluding hydrogens is 230 g/mol. The number of aromatic nitrogens is 4. The van der Waals surface area contributed by atoms with Gasteiger partial charge >= 0.3 is 0 Å². The molecule has 98 valence electrons. The predicted octanol–water partition coefficient (Wildman–Crippen LogP) is 0.401. The summed E-state index contributed by atoms with van der Waals surface area (Å²) < 4.78 is 8.90. The van der Waals surface area contributed by atoms with E-state index in [1.807, 2.05) is 36.4 Å². The van der Waals surface area contributed by atoms with Gasteiger partial charge in [0.1, 0.15) is 5.82 Å². The summed E-state index contributed by atoms with van der Waals surface area (Å²) in [7, 11) is 3.62. The molecule has 1 N–H and O–H groups in total. The van der Waals surface area contributed by atoms with E-state index in [2.05, 4.69) is 20.0 Å². The van der Waals surface area contributed by atoms with Gasteiger partial charge in [0.2, 0.25) is 0 Å². The van der Waals surface area contributed by atoms with Crippen LogP contribution in [-0.4, -0.2) is 39.6 Å². The van der Waals surface area contributed by atoms with Crippen LogP contribution in [0.3, 0.4) is 0 Å². The minimum Gasteiger partial charge on any atom is -0.383 e. The van der Waals surface area contributed by atoms with Crippen molar-refractivity contribution in [2.24, 2.45) is 7.05 Å². The van der Waals surface area contributed by atoms with Crippen molar-refractivity contribution >= 4 is 0 Å². The molecule has 18 heavy (non-hydrogen) atoms. The average Bonchev–Trinajstić information content (AvgIpc) is 2.95. The van der Waals surface area contributed by atoms with Crippen LogP contribution < -0.4 is 5.32 Å². The normalized spacial score (nSPS) is 11.0. The van der Waals surface area contributed by atoms with Gasteiger partial charge in [-0.2, -0.15) is 5.10 Å². The zero-order valence-electron chi connectivity index (χ0n) is 10.8. The van der Waals surface area contributed by atoms with E-state index in [0.29, 0.717) is 6.61 Å². The van der Waals surface area contributed by atoms with Gasteiger partial charge in [0.15, 0.2) is 0 Å². The Balaban J connectivity index is 1.91. The molecule has 2 aromatic rings. The lowest BCUT2D eigenvalue weighted by Gasteiger charge is -2.07. The van der Waals surface area contributed by atoms with Crippen LogP contribution >= 0.6 is 0 Å². The first-order valence-corrected chi connectivity index (χ1v) is 5.98. The zero-order valence-corrected chi connectivity index (χ0v) is 10.8. The SMILES string of the molecule is COCCNCc1nccn1Cc1ccn(C)n1. The summed E-state index contributed by atoms with van der Waals surface area (Å²) >= 11 is 0. The summed E-state index contributed by atoms with van der Waals surface area (Å²) in [6.07, 6.45) is 5.74. The van der Waals surface area contributed by atoms with Gasteiger partial charge in [0.25, 0.3) is 0 Å². The number of aryl methyl sites for hydroxylation is 1. The molecule has 0 aliphatic heterocycles. The van der Waals surface area contributed by atoms with Gasteiger partial charge < -0.3 is 14.6 Å². The van der Waals surface area contributed by atoms with Crippen molar-refractivity contribution < 1.29 is 4.74 Å². The van der Waals surface area contributed by atoms with Crippen molar-refractivity contribution in [2.75, 3.05) is 20.3 Å². The van der Waals surface area contributed by atoms with Gasteiger partial charge in [0.05, 0.1) is 25.4 Å². The lowest BCUT2D eigenvalue weighted by Crippen LogP contribution is -2.21. The van der Waals surface area contributed by atoms with Crippen molar-refractivity contribution in [3.8, 4) is 0 Å². The molecule has 6 heteroatoms. The number of hydrogen-bond donors (Lipinski definition) is 1. The number of hydrogen-bond acceptors (Lipinski definition) is 4. The zero-order chi connectivity index (χ0) is 12.8. The Bertz CT molecular complexity index is 476. The van der Waals surface area contributed by atoms with Crippen LogP contribution in [0.2, 0.25) is 0 Å². The largest absolute Gasteiger partial charge is 0.383 e. The van der Waals surface area contributed by atoms with E-state index in [-0.39, 0.29) is 0 Å². The maximum atomic E-state index is 4.99. The lowest BCUT2D eigenvalue weighted by atomic mass is 10.4. The van der Waals surface area contributed by atoms with Gasteiger partial charge in [0, 0.05) is 39.3 Å². The van der Waals surface area contributed by atoms with Crippen LogP contribution in [0.4, 0.5) is 0 Å². The molecule has 0 aliphatic rings. The number of ether oxygens (including phenoxy) is 1. The van der Waals surface area contributed by atoms with Crippen molar-refractivity contribution in [1.29, 1.82) is 0 Å². The molecule has 0 aliphatic carbocycles. The quantitative estimate of drug-likeness (QED) is 0.722. The van der Waals surface area contributed by atoms with Crippen molar-refractivity contribution in [3.05, 3.63) is 36.2 Å². The number of rotatable bonds is 7. The van der Waals surface area contributed by atoms with Gasteiger partial charge in [-0.25, -0.2) is 4.98 Å². The van der Waals surface area contributed by atoms with Gasteiger partial charge in [-0.1, -0.05) is 0 Å².